The Kier molecular flexibility index (Phi) is 4.49. The van der Waals surface area contributed by atoms with Crippen LogP contribution >= 0.6 is 23.4 Å². The van der Waals surface area contributed by atoms with Crippen LogP contribution in [-0.4, -0.2) is 22.2 Å². The smallest absolute Gasteiger partial charge is 0.291 e. The number of fused-ring (bicyclic) bond motifs is 3. The minimum atomic E-state index is -0.658. The highest BCUT2D eigenvalue weighted by atomic mass is 35.5. The average molecular weight is 400 g/mol. The van der Waals surface area contributed by atoms with Crippen molar-refractivity contribution in [1.29, 1.82) is 0 Å². The number of anilines is 1. The van der Waals surface area contributed by atoms with Gasteiger partial charge in [-0.25, -0.2) is 4.90 Å². The first-order chi connectivity index (χ1) is 13.0. The monoisotopic (exact) mass is 399 g/mol. The third-order valence-corrected chi connectivity index (χ3v) is 5.39. The van der Waals surface area contributed by atoms with Crippen LogP contribution in [0.15, 0.2) is 58.5 Å². The molecule has 1 amide bonds. The van der Waals surface area contributed by atoms with E-state index in [1.807, 2.05) is 48.7 Å². The Bertz CT molecular complexity index is 1110. The molecule has 2 aromatic carbocycles. The summed E-state index contributed by atoms with van der Waals surface area (Å²) in [6, 6.07) is 14.6. The lowest BCUT2D eigenvalue weighted by Crippen LogP contribution is -2.60. The number of para-hydroxylation sites is 1. The van der Waals surface area contributed by atoms with Gasteiger partial charge in [0.15, 0.2) is 0 Å². The van der Waals surface area contributed by atoms with E-state index >= 15 is 0 Å². The van der Waals surface area contributed by atoms with Gasteiger partial charge in [-0.05, 0) is 35.2 Å². The Hall–Kier alpha value is -2.64. The second-order valence-electron chi connectivity index (χ2n) is 6.06. The molecule has 1 atom stereocenters. The van der Waals surface area contributed by atoms with Gasteiger partial charge in [-0.15, -0.1) is 0 Å². The average Bonchev–Trinajstić information content (AvgIpc) is 2.66. The Morgan fingerprint density at radius 3 is 2.63 bits per heavy atom. The number of hydrogen-bond donors (Lipinski definition) is 1. The summed E-state index contributed by atoms with van der Waals surface area (Å²) in [7, 11) is 0. The number of halogens is 1. The summed E-state index contributed by atoms with van der Waals surface area (Å²) in [6.45, 7) is 1.49. The lowest BCUT2D eigenvalue weighted by molar-refractivity contribution is -0.763. The molecule has 1 unspecified atom stereocenters. The standard InChI is InChI=1S/C19H15ClN4O2S/c1-11(25)23-15-10-6-4-8-13(15)16-17(26)21-19(27-2)22-24(16)18(23)12-7-3-5-9-14(12)20/h3-10,18H,1-2H3/p+1. The van der Waals surface area contributed by atoms with Gasteiger partial charge in [-0.1, -0.05) is 47.6 Å². The molecule has 0 fully saturated rings. The van der Waals surface area contributed by atoms with Crippen molar-refractivity contribution in [2.45, 2.75) is 18.2 Å². The van der Waals surface area contributed by atoms with Crippen LogP contribution < -0.4 is 15.1 Å². The number of carbonyl (C=O) groups is 1. The molecule has 27 heavy (non-hydrogen) atoms. The first kappa shape index (κ1) is 17.8. The summed E-state index contributed by atoms with van der Waals surface area (Å²) >= 11 is 7.79. The lowest BCUT2D eigenvalue weighted by atomic mass is 10.0. The van der Waals surface area contributed by atoms with Crippen LogP contribution in [0, 0.1) is 0 Å². The molecule has 6 nitrogen and oxygen atoms in total. The predicted molar refractivity (Wildman–Crippen MR) is 105 cm³/mol. The molecule has 1 aromatic heterocycles. The van der Waals surface area contributed by atoms with Crippen LogP contribution in [0.2, 0.25) is 5.02 Å². The molecule has 1 N–H and O–H groups in total. The second-order valence-corrected chi connectivity index (χ2v) is 7.26. The third kappa shape index (κ3) is 2.83. The molecule has 0 saturated carbocycles. The minimum Gasteiger partial charge on any atom is -0.291 e. The SMILES string of the molecule is CSc1n[n+]2c(c(=O)[nH]1)-c1ccccc1N(C(C)=O)C2c1ccccc1Cl. The van der Waals surface area contributed by atoms with E-state index in [1.54, 1.807) is 15.6 Å². The van der Waals surface area contributed by atoms with Gasteiger partial charge in [0.25, 0.3) is 6.17 Å². The Morgan fingerprint density at radius 2 is 1.93 bits per heavy atom. The van der Waals surface area contributed by atoms with E-state index in [9.17, 15) is 9.59 Å². The van der Waals surface area contributed by atoms with E-state index in [0.717, 1.165) is 0 Å². The van der Waals surface area contributed by atoms with Gasteiger partial charge in [-0.3, -0.25) is 14.6 Å². The summed E-state index contributed by atoms with van der Waals surface area (Å²) in [5, 5.41) is 5.56. The summed E-state index contributed by atoms with van der Waals surface area (Å²) in [5.41, 5.74) is 2.13. The number of hydrogen-bond acceptors (Lipinski definition) is 4. The van der Waals surface area contributed by atoms with Gasteiger partial charge in [0, 0.05) is 12.0 Å². The maximum absolute atomic E-state index is 12.9. The normalized spacial score (nSPS) is 15.2. The number of benzene rings is 2. The topological polar surface area (TPSA) is 69.9 Å². The number of aromatic nitrogens is 3. The van der Waals surface area contributed by atoms with Crippen LogP contribution in [0.25, 0.3) is 11.3 Å². The van der Waals surface area contributed by atoms with Crippen molar-refractivity contribution in [2.75, 3.05) is 11.2 Å². The summed E-state index contributed by atoms with van der Waals surface area (Å²) < 4.78 is 1.59. The summed E-state index contributed by atoms with van der Waals surface area (Å²) in [4.78, 5) is 30.0. The van der Waals surface area contributed by atoms with Gasteiger partial charge in [0.2, 0.25) is 11.1 Å². The Labute approximate surface area is 164 Å². The number of nitrogens with one attached hydrogen (secondary N) is 1. The number of amides is 1. The zero-order valence-corrected chi connectivity index (χ0v) is 16.2. The van der Waals surface area contributed by atoms with Gasteiger partial charge >= 0.3 is 11.3 Å². The number of H-pyrrole nitrogens is 1. The molecular weight excluding hydrogens is 384 g/mol. The lowest BCUT2D eigenvalue weighted by Gasteiger charge is -2.31. The maximum atomic E-state index is 12.9. The molecule has 0 bridgehead atoms. The molecule has 2 heterocycles. The van der Waals surface area contributed by atoms with Crippen molar-refractivity contribution in [3.05, 3.63) is 69.5 Å². The van der Waals surface area contributed by atoms with E-state index in [0.29, 0.717) is 32.7 Å². The Balaban J connectivity index is 2.12. The molecule has 136 valence electrons. The number of rotatable bonds is 2. The van der Waals surface area contributed by atoms with Crippen molar-refractivity contribution in [1.82, 2.24) is 10.1 Å². The number of carbonyl (C=O) groups excluding carboxylic acids is 1. The maximum Gasteiger partial charge on any atom is 0.325 e. The van der Waals surface area contributed by atoms with Crippen LogP contribution in [0.5, 0.6) is 0 Å². The van der Waals surface area contributed by atoms with E-state index in [1.165, 1.54) is 18.7 Å². The van der Waals surface area contributed by atoms with Gasteiger partial charge < -0.3 is 0 Å². The summed E-state index contributed by atoms with van der Waals surface area (Å²) in [6.07, 6.45) is 1.17. The van der Waals surface area contributed by atoms with E-state index in [2.05, 4.69) is 10.1 Å². The molecule has 0 radical (unpaired) electrons. The van der Waals surface area contributed by atoms with Gasteiger partial charge in [0.05, 0.1) is 21.8 Å². The van der Waals surface area contributed by atoms with E-state index in [4.69, 9.17) is 11.6 Å². The van der Waals surface area contributed by atoms with Crippen molar-refractivity contribution >= 4 is 35.0 Å². The van der Waals surface area contributed by atoms with Gasteiger partial charge in [0.1, 0.15) is 0 Å². The molecule has 0 saturated heterocycles. The molecule has 1 aliphatic heterocycles. The fourth-order valence-electron chi connectivity index (χ4n) is 3.37. The summed E-state index contributed by atoms with van der Waals surface area (Å²) in [5.74, 6) is -0.168. The number of nitrogens with zero attached hydrogens (tertiary/aromatic N) is 3. The van der Waals surface area contributed by atoms with Crippen molar-refractivity contribution in [2.24, 2.45) is 0 Å². The second kappa shape index (κ2) is 6.83. The quantitative estimate of drug-likeness (QED) is 0.531. The van der Waals surface area contributed by atoms with Crippen LogP contribution in [-0.2, 0) is 4.79 Å². The molecule has 3 aromatic rings. The van der Waals surface area contributed by atoms with Crippen LogP contribution in [0.1, 0.15) is 18.7 Å². The fourth-order valence-corrected chi connectivity index (χ4v) is 3.97. The van der Waals surface area contributed by atoms with Crippen molar-refractivity contribution in [3.63, 3.8) is 0 Å². The molecule has 4 rings (SSSR count). The largest absolute Gasteiger partial charge is 0.325 e. The predicted octanol–water partition coefficient (Wildman–Crippen LogP) is 3.01. The molecule has 0 spiro atoms. The fraction of sp³-hybridized carbons (Fsp3) is 0.158. The zero-order valence-electron chi connectivity index (χ0n) is 14.6. The molecular formula is C19H16ClN4O2S+. The first-order valence-corrected chi connectivity index (χ1v) is 9.87. The number of aromatic amines is 1. The highest BCUT2D eigenvalue weighted by Crippen LogP contribution is 2.38. The van der Waals surface area contributed by atoms with Crippen LogP contribution in [0.4, 0.5) is 5.69 Å². The molecule has 8 heteroatoms. The van der Waals surface area contributed by atoms with Gasteiger partial charge in [-0.2, -0.15) is 0 Å². The zero-order chi connectivity index (χ0) is 19.1. The van der Waals surface area contributed by atoms with E-state index < -0.39 is 6.17 Å². The third-order valence-electron chi connectivity index (χ3n) is 4.47. The molecule has 1 aliphatic rings. The van der Waals surface area contributed by atoms with Crippen LogP contribution in [0.3, 0.4) is 0 Å². The highest BCUT2D eigenvalue weighted by molar-refractivity contribution is 7.98. The highest BCUT2D eigenvalue weighted by Gasteiger charge is 2.45. The van der Waals surface area contributed by atoms with E-state index in [-0.39, 0.29) is 11.5 Å². The first-order valence-electron chi connectivity index (χ1n) is 8.26. The van der Waals surface area contributed by atoms with Crippen molar-refractivity contribution < 1.29 is 9.48 Å². The Morgan fingerprint density at radius 1 is 1.22 bits per heavy atom. The minimum absolute atomic E-state index is 0.168. The number of thioether (sulfide) groups is 1. The molecule has 0 aliphatic carbocycles. The van der Waals surface area contributed by atoms with Crippen molar-refractivity contribution in [3.8, 4) is 11.3 Å².